The average molecular weight is 531 g/mol. The van der Waals surface area contributed by atoms with Crippen molar-refractivity contribution in [1.29, 1.82) is 0 Å². The Morgan fingerprint density at radius 2 is 1.90 bits per heavy atom. The van der Waals surface area contributed by atoms with Gasteiger partial charge in [0.15, 0.2) is 11.5 Å². The number of hydrogen-bond donors (Lipinski definition) is 3. The Morgan fingerprint density at radius 3 is 2.64 bits per heavy atom. The number of ether oxygens (including phenoxy) is 1. The third-order valence-corrected chi connectivity index (χ3v) is 6.73. The number of quaternary nitrogens is 1. The quantitative estimate of drug-likeness (QED) is 0.297. The first-order valence-electron chi connectivity index (χ1n) is 12.6. The lowest BCUT2D eigenvalue weighted by Gasteiger charge is -2.28. The van der Waals surface area contributed by atoms with Crippen LogP contribution in [0.1, 0.15) is 11.1 Å². The van der Waals surface area contributed by atoms with Crippen LogP contribution in [-0.4, -0.2) is 57.8 Å². The summed E-state index contributed by atoms with van der Waals surface area (Å²) in [6, 6.07) is 8.15. The van der Waals surface area contributed by atoms with Gasteiger partial charge in [-0.1, -0.05) is 6.07 Å². The number of fused-ring (bicyclic) bond motifs is 1. The van der Waals surface area contributed by atoms with Gasteiger partial charge < -0.3 is 25.5 Å². The smallest absolute Gasteiger partial charge is 0.228 e. The molecule has 0 radical (unpaired) electrons. The minimum absolute atomic E-state index is 0.172. The van der Waals surface area contributed by atoms with Crippen LogP contribution in [0.15, 0.2) is 55.1 Å². The van der Waals surface area contributed by atoms with Crippen LogP contribution < -0.4 is 26.1 Å². The molecular formula is C26H27FN10O2. The van der Waals surface area contributed by atoms with E-state index in [1.807, 2.05) is 15.9 Å². The lowest BCUT2D eigenvalue weighted by molar-refractivity contribution is -0.830. The average Bonchev–Trinajstić information content (AvgIpc) is 3.40. The van der Waals surface area contributed by atoms with Crippen molar-refractivity contribution in [2.24, 2.45) is 0 Å². The summed E-state index contributed by atoms with van der Waals surface area (Å²) in [6.45, 7) is 3.24. The fourth-order valence-electron chi connectivity index (χ4n) is 4.74. The SMILES string of the molecule is Nc1ncc(-c2nc(N3CCOCC3)nc3c2CCN3c2ccc([NH+]([O-])NCc3cccnc3)cc2F)cn1. The number of hydrogen-bond acceptors (Lipinski definition) is 11. The summed E-state index contributed by atoms with van der Waals surface area (Å²) < 4.78 is 21.0. The van der Waals surface area contributed by atoms with E-state index >= 15 is 4.39 Å². The molecule has 5 heterocycles. The second-order valence-electron chi connectivity index (χ2n) is 9.22. The molecular weight excluding hydrogens is 503 g/mol. The summed E-state index contributed by atoms with van der Waals surface area (Å²) in [5.41, 5.74) is 12.2. The summed E-state index contributed by atoms with van der Waals surface area (Å²) in [6.07, 6.45) is 7.21. The molecule has 0 spiro atoms. The van der Waals surface area contributed by atoms with Gasteiger partial charge in [0, 0.05) is 67.7 Å². The van der Waals surface area contributed by atoms with Gasteiger partial charge >= 0.3 is 0 Å². The number of pyridine rings is 1. The molecule has 6 rings (SSSR count). The molecule has 200 valence electrons. The Balaban J connectivity index is 1.31. The van der Waals surface area contributed by atoms with Crippen molar-refractivity contribution in [2.75, 3.05) is 48.4 Å². The number of anilines is 4. The molecule has 0 amide bonds. The predicted molar refractivity (Wildman–Crippen MR) is 143 cm³/mol. The van der Waals surface area contributed by atoms with Crippen molar-refractivity contribution in [2.45, 2.75) is 13.0 Å². The van der Waals surface area contributed by atoms with Crippen molar-refractivity contribution >= 4 is 29.1 Å². The number of nitrogens with zero attached hydrogens (tertiary/aromatic N) is 7. The number of morpholine rings is 1. The van der Waals surface area contributed by atoms with Crippen molar-refractivity contribution in [3.8, 4) is 11.3 Å². The van der Waals surface area contributed by atoms with E-state index in [0.717, 1.165) is 11.1 Å². The first-order valence-corrected chi connectivity index (χ1v) is 12.6. The molecule has 12 nitrogen and oxygen atoms in total. The van der Waals surface area contributed by atoms with Gasteiger partial charge in [-0.25, -0.2) is 19.3 Å². The largest absolute Gasteiger partial charge is 0.608 e. The summed E-state index contributed by atoms with van der Waals surface area (Å²) in [4.78, 5) is 25.9. The minimum atomic E-state index is -0.513. The van der Waals surface area contributed by atoms with Crippen LogP contribution in [0.3, 0.4) is 0 Å². The van der Waals surface area contributed by atoms with E-state index in [1.165, 1.54) is 6.07 Å². The topological polar surface area (TPSA) is 146 Å². The van der Waals surface area contributed by atoms with Crippen LogP contribution in [0.5, 0.6) is 0 Å². The van der Waals surface area contributed by atoms with Crippen LogP contribution in [0.2, 0.25) is 0 Å². The van der Waals surface area contributed by atoms with E-state index < -0.39 is 5.82 Å². The van der Waals surface area contributed by atoms with Gasteiger partial charge in [-0.05, 0) is 24.1 Å². The van der Waals surface area contributed by atoms with Crippen molar-refractivity contribution in [1.82, 2.24) is 30.3 Å². The zero-order valence-corrected chi connectivity index (χ0v) is 21.0. The van der Waals surface area contributed by atoms with E-state index in [4.69, 9.17) is 20.4 Å². The summed E-state index contributed by atoms with van der Waals surface area (Å²) in [5.74, 6) is 0.806. The predicted octanol–water partition coefficient (Wildman–Crippen LogP) is 1.30. The molecule has 1 unspecified atom stereocenters. The molecule has 1 atom stereocenters. The number of halogens is 1. The Hall–Kier alpha value is -4.30. The molecule has 0 bridgehead atoms. The number of nitrogens with one attached hydrogen (secondary N) is 2. The highest BCUT2D eigenvalue weighted by Crippen LogP contribution is 2.40. The molecule has 4 aromatic rings. The van der Waals surface area contributed by atoms with Crippen molar-refractivity contribution < 1.29 is 14.3 Å². The maximum Gasteiger partial charge on any atom is 0.228 e. The third kappa shape index (κ3) is 5.20. The lowest BCUT2D eigenvalue weighted by Crippen LogP contribution is -3.09. The van der Waals surface area contributed by atoms with Crippen LogP contribution >= 0.6 is 0 Å². The fraction of sp³-hybridized carbons (Fsp3) is 0.269. The minimum Gasteiger partial charge on any atom is -0.608 e. The molecule has 3 aromatic heterocycles. The molecule has 4 N–H and O–H groups in total. The van der Waals surface area contributed by atoms with Crippen molar-refractivity contribution in [3.63, 3.8) is 0 Å². The maximum atomic E-state index is 15.5. The van der Waals surface area contributed by atoms with Gasteiger partial charge in [0.25, 0.3) is 0 Å². The van der Waals surface area contributed by atoms with E-state index in [0.29, 0.717) is 74.5 Å². The second-order valence-corrected chi connectivity index (χ2v) is 9.22. The normalized spacial score (nSPS) is 15.8. The van der Waals surface area contributed by atoms with Gasteiger partial charge in [-0.2, -0.15) is 10.4 Å². The van der Waals surface area contributed by atoms with Crippen LogP contribution in [0.4, 0.5) is 33.5 Å². The Labute approximate surface area is 223 Å². The van der Waals surface area contributed by atoms with Gasteiger partial charge in [0.05, 0.1) is 31.1 Å². The Bertz CT molecular complexity index is 1450. The van der Waals surface area contributed by atoms with Crippen molar-refractivity contribution in [3.05, 3.63) is 77.3 Å². The zero-order valence-electron chi connectivity index (χ0n) is 21.0. The number of benzene rings is 1. The molecule has 1 saturated heterocycles. The highest BCUT2D eigenvalue weighted by Gasteiger charge is 2.31. The zero-order chi connectivity index (χ0) is 26.8. The lowest BCUT2D eigenvalue weighted by atomic mass is 10.1. The summed E-state index contributed by atoms with van der Waals surface area (Å²) in [7, 11) is 0. The highest BCUT2D eigenvalue weighted by atomic mass is 19.1. The molecule has 39 heavy (non-hydrogen) atoms. The molecule has 0 saturated carbocycles. The fourth-order valence-corrected chi connectivity index (χ4v) is 4.74. The van der Waals surface area contributed by atoms with E-state index in [9.17, 15) is 5.21 Å². The monoisotopic (exact) mass is 530 g/mol. The van der Waals surface area contributed by atoms with Crippen LogP contribution in [0, 0.1) is 11.0 Å². The standard InChI is InChI=1S/C26H27FN10O2/c27-21-12-19(37(38)32-14-17-2-1-6-29-13-17)3-4-22(21)36-7-5-20-23(18-15-30-25(28)31-16-18)33-26(34-24(20)36)35-8-10-39-11-9-35/h1-4,6,12-13,15-16,32,37H,5,7-11,14H2,(H2,28,30,31). The highest BCUT2D eigenvalue weighted by molar-refractivity contribution is 5.77. The second kappa shape index (κ2) is 10.8. The Kier molecular flexibility index (Phi) is 6.94. The van der Waals surface area contributed by atoms with E-state index in [1.54, 1.807) is 43.0 Å². The molecule has 13 heteroatoms. The summed E-state index contributed by atoms with van der Waals surface area (Å²) in [5, 5.41) is 12.3. The molecule has 1 aromatic carbocycles. The Morgan fingerprint density at radius 1 is 1.08 bits per heavy atom. The number of aromatic nitrogens is 5. The molecule has 1 fully saturated rings. The first-order chi connectivity index (χ1) is 19.1. The van der Waals surface area contributed by atoms with Crippen LogP contribution in [-0.2, 0) is 17.7 Å². The van der Waals surface area contributed by atoms with E-state index in [2.05, 4.69) is 20.4 Å². The van der Waals surface area contributed by atoms with Gasteiger partial charge in [-0.15, -0.1) is 0 Å². The summed E-state index contributed by atoms with van der Waals surface area (Å²) >= 11 is 0. The number of rotatable bonds is 7. The molecule has 0 aliphatic carbocycles. The van der Waals surface area contributed by atoms with Gasteiger partial charge in [0.1, 0.15) is 5.82 Å². The molecule has 2 aliphatic rings. The van der Waals surface area contributed by atoms with E-state index in [-0.39, 0.29) is 16.8 Å². The third-order valence-electron chi connectivity index (χ3n) is 6.73. The number of nitrogens with two attached hydrogens (primary N) is 1. The first kappa shape index (κ1) is 25.0. The maximum absolute atomic E-state index is 15.5. The van der Waals surface area contributed by atoms with Gasteiger partial charge in [-0.3, -0.25) is 10.2 Å². The van der Waals surface area contributed by atoms with Gasteiger partial charge in [0.2, 0.25) is 11.9 Å². The van der Waals surface area contributed by atoms with Crippen LogP contribution in [0.25, 0.3) is 11.3 Å². The number of nitrogen functional groups attached to an aromatic ring is 1. The molecule has 2 aliphatic heterocycles.